The van der Waals surface area contributed by atoms with Crippen molar-refractivity contribution in [2.24, 2.45) is 5.10 Å². The van der Waals surface area contributed by atoms with Crippen molar-refractivity contribution in [2.75, 3.05) is 20.0 Å². The van der Waals surface area contributed by atoms with Gasteiger partial charge in [0.15, 0.2) is 16.7 Å². The van der Waals surface area contributed by atoms with Crippen molar-refractivity contribution in [3.8, 4) is 11.5 Å². The van der Waals surface area contributed by atoms with Gasteiger partial charge in [0, 0.05) is 13.0 Å². The second-order valence-electron chi connectivity index (χ2n) is 6.94. The molecule has 0 spiro atoms. The number of allylic oxidation sites excluding steroid dienone is 1. The molecule has 0 radical (unpaired) electrons. The predicted octanol–water partition coefficient (Wildman–Crippen LogP) is 4.01. The number of thioether (sulfide) groups is 1. The molecule has 0 N–H and O–H groups in total. The van der Waals surface area contributed by atoms with Gasteiger partial charge in [-0.25, -0.2) is 5.01 Å². The first-order valence-electron chi connectivity index (χ1n) is 9.91. The van der Waals surface area contributed by atoms with E-state index in [9.17, 15) is 4.79 Å². The van der Waals surface area contributed by atoms with Crippen LogP contribution in [0, 0.1) is 0 Å². The Morgan fingerprint density at radius 1 is 1.31 bits per heavy atom. The van der Waals surface area contributed by atoms with Crippen LogP contribution >= 0.6 is 23.1 Å². The van der Waals surface area contributed by atoms with Gasteiger partial charge in [0.05, 0.1) is 36.6 Å². The normalized spacial score (nSPS) is 15.5. The lowest BCUT2D eigenvalue weighted by Gasteiger charge is -2.22. The summed E-state index contributed by atoms with van der Waals surface area (Å²) < 4.78 is 12.7. The topological polar surface area (TPSA) is 81.8 Å². The minimum atomic E-state index is -0.231. The van der Waals surface area contributed by atoms with Gasteiger partial charge in [-0.2, -0.15) is 5.10 Å². The molecule has 1 atom stereocenters. The molecule has 10 heteroatoms. The molecule has 4 rings (SSSR count). The van der Waals surface area contributed by atoms with Crippen LogP contribution in [0.1, 0.15) is 22.9 Å². The standard InChI is InChI=1S/C22H23N5O3S2/c1-4-9-26-14-23-24-22(26)32-13-21(28)27-17(12-16(25-27)20-6-5-10-31-20)15-7-8-18(29-2)19(11-15)30-3/h4-8,10-11,14,17H,1,9,12-13H2,2-3H3. The SMILES string of the molecule is C=CCn1cnnc1SCC(=O)N1N=C(c2cccs2)CC1c1ccc(OC)c(OC)c1. The summed E-state index contributed by atoms with van der Waals surface area (Å²) in [6.07, 6.45) is 4.02. The van der Waals surface area contributed by atoms with E-state index in [1.54, 1.807) is 43.0 Å². The zero-order chi connectivity index (χ0) is 22.5. The Morgan fingerprint density at radius 2 is 2.16 bits per heavy atom. The van der Waals surface area contributed by atoms with Crippen LogP contribution in [0.2, 0.25) is 0 Å². The van der Waals surface area contributed by atoms with Crippen LogP contribution in [0.25, 0.3) is 0 Å². The Balaban J connectivity index is 1.59. The summed E-state index contributed by atoms with van der Waals surface area (Å²) in [5.41, 5.74) is 1.83. The molecule has 8 nitrogen and oxygen atoms in total. The summed E-state index contributed by atoms with van der Waals surface area (Å²) in [6, 6.07) is 9.49. The third-order valence-corrected chi connectivity index (χ3v) is 6.88. The van der Waals surface area contributed by atoms with E-state index >= 15 is 0 Å². The first-order valence-corrected chi connectivity index (χ1v) is 11.8. The average Bonchev–Trinajstić information content (AvgIpc) is 3.58. The van der Waals surface area contributed by atoms with Crippen LogP contribution < -0.4 is 9.47 Å². The number of hydrogen-bond acceptors (Lipinski definition) is 8. The van der Waals surface area contributed by atoms with Crippen molar-refractivity contribution in [3.05, 3.63) is 65.1 Å². The van der Waals surface area contributed by atoms with Gasteiger partial charge in [-0.15, -0.1) is 28.1 Å². The fourth-order valence-electron chi connectivity index (χ4n) is 3.46. The molecule has 3 heterocycles. The molecule has 1 aliphatic heterocycles. The molecule has 0 aliphatic carbocycles. The number of rotatable bonds is 9. The molecular formula is C22H23N5O3S2. The molecule has 166 valence electrons. The number of methoxy groups -OCH3 is 2. The number of carbonyl (C=O) groups excluding carboxylic acids is 1. The van der Waals surface area contributed by atoms with Crippen LogP contribution in [0.4, 0.5) is 0 Å². The summed E-state index contributed by atoms with van der Waals surface area (Å²) in [7, 11) is 3.20. The van der Waals surface area contributed by atoms with Crippen molar-refractivity contribution in [1.29, 1.82) is 0 Å². The van der Waals surface area contributed by atoms with E-state index in [2.05, 4.69) is 16.8 Å². The van der Waals surface area contributed by atoms with Crippen molar-refractivity contribution in [2.45, 2.75) is 24.2 Å². The lowest BCUT2D eigenvalue weighted by molar-refractivity contribution is -0.130. The number of ether oxygens (including phenoxy) is 2. The molecule has 0 saturated heterocycles. The quantitative estimate of drug-likeness (QED) is 0.348. The molecule has 1 aromatic carbocycles. The lowest BCUT2D eigenvalue weighted by Crippen LogP contribution is -2.28. The number of thiophene rings is 1. The van der Waals surface area contributed by atoms with E-state index in [-0.39, 0.29) is 17.7 Å². The monoisotopic (exact) mass is 469 g/mol. The first-order chi connectivity index (χ1) is 15.6. The van der Waals surface area contributed by atoms with Gasteiger partial charge < -0.3 is 14.0 Å². The van der Waals surface area contributed by atoms with Crippen molar-refractivity contribution < 1.29 is 14.3 Å². The van der Waals surface area contributed by atoms with Crippen molar-refractivity contribution in [3.63, 3.8) is 0 Å². The van der Waals surface area contributed by atoms with E-state index in [4.69, 9.17) is 14.6 Å². The molecule has 2 aromatic heterocycles. The zero-order valence-corrected chi connectivity index (χ0v) is 19.4. The largest absolute Gasteiger partial charge is 0.493 e. The fraction of sp³-hybridized carbons (Fsp3) is 0.273. The van der Waals surface area contributed by atoms with Crippen LogP contribution in [0.3, 0.4) is 0 Å². The van der Waals surface area contributed by atoms with Gasteiger partial charge in [0.1, 0.15) is 6.33 Å². The third kappa shape index (κ3) is 4.56. The smallest absolute Gasteiger partial charge is 0.253 e. The Bertz CT molecular complexity index is 1130. The Kier molecular flexibility index (Phi) is 6.91. The zero-order valence-electron chi connectivity index (χ0n) is 17.8. The van der Waals surface area contributed by atoms with E-state index in [1.807, 2.05) is 40.3 Å². The van der Waals surface area contributed by atoms with Crippen LogP contribution in [-0.4, -0.2) is 51.4 Å². The van der Waals surface area contributed by atoms with Gasteiger partial charge >= 0.3 is 0 Å². The highest BCUT2D eigenvalue weighted by Crippen LogP contribution is 2.38. The van der Waals surface area contributed by atoms with E-state index in [1.165, 1.54) is 11.8 Å². The summed E-state index contributed by atoms with van der Waals surface area (Å²) >= 11 is 2.95. The van der Waals surface area contributed by atoms with Gasteiger partial charge in [-0.1, -0.05) is 30.0 Å². The van der Waals surface area contributed by atoms with Crippen molar-refractivity contribution in [1.82, 2.24) is 19.8 Å². The highest BCUT2D eigenvalue weighted by Gasteiger charge is 2.34. The Labute approximate surface area is 194 Å². The highest BCUT2D eigenvalue weighted by molar-refractivity contribution is 7.99. The van der Waals surface area contributed by atoms with Gasteiger partial charge in [0.2, 0.25) is 0 Å². The number of amides is 1. The molecular weight excluding hydrogens is 446 g/mol. The van der Waals surface area contributed by atoms with Gasteiger partial charge in [-0.3, -0.25) is 4.79 Å². The highest BCUT2D eigenvalue weighted by atomic mass is 32.2. The van der Waals surface area contributed by atoms with Crippen LogP contribution in [-0.2, 0) is 11.3 Å². The lowest BCUT2D eigenvalue weighted by atomic mass is 10.0. The number of benzene rings is 1. The molecule has 0 bridgehead atoms. The summed E-state index contributed by atoms with van der Waals surface area (Å²) in [6.45, 7) is 4.33. The maximum absolute atomic E-state index is 13.3. The first kappa shape index (κ1) is 22.1. The average molecular weight is 470 g/mol. The summed E-state index contributed by atoms with van der Waals surface area (Å²) in [5.74, 6) is 1.35. The molecule has 1 amide bonds. The number of nitrogens with zero attached hydrogens (tertiary/aromatic N) is 5. The minimum absolute atomic E-state index is 0.102. The minimum Gasteiger partial charge on any atom is -0.493 e. The molecule has 0 saturated carbocycles. The van der Waals surface area contributed by atoms with Crippen molar-refractivity contribution >= 4 is 34.7 Å². The third-order valence-electron chi connectivity index (χ3n) is 4.99. The number of hydrazone groups is 1. The molecule has 32 heavy (non-hydrogen) atoms. The number of carbonyl (C=O) groups is 1. The van der Waals surface area contributed by atoms with E-state index in [0.717, 1.165) is 16.2 Å². The Hall–Kier alpha value is -3.11. The van der Waals surface area contributed by atoms with Gasteiger partial charge in [0.25, 0.3) is 5.91 Å². The molecule has 1 unspecified atom stereocenters. The van der Waals surface area contributed by atoms with E-state index in [0.29, 0.717) is 29.6 Å². The fourth-order valence-corrected chi connectivity index (χ4v) is 4.96. The molecule has 1 aliphatic rings. The maximum Gasteiger partial charge on any atom is 0.253 e. The van der Waals surface area contributed by atoms with Gasteiger partial charge in [-0.05, 0) is 29.1 Å². The number of aromatic nitrogens is 3. The second-order valence-corrected chi connectivity index (χ2v) is 8.83. The Morgan fingerprint density at radius 3 is 2.88 bits per heavy atom. The predicted molar refractivity (Wildman–Crippen MR) is 126 cm³/mol. The second kappa shape index (κ2) is 10.0. The maximum atomic E-state index is 13.3. The van der Waals surface area contributed by atoms with E-state index < -0.39 is 0 Å². The van der Waals surface area contributed by atoms with Crippen LogP contribution in [0.5, 0.6) is 11.5 Å². The number of hydrogen-bond donors (Lipinski definition) is 0. The van der Waals surface area contributed by atoms with Crippen LogP contribution in [0.15, 0.2) is 65.0 Å². The summed E-state index contributed by atoms with van der Waals surface area (Å²) in [5, 5.41) is 17.0. The summed E-state index contributed by atoms with van der Waals surface area (Å²) in [4.78, 5) is 14.3. The molecule has 3 aromatic rings. The molecule has 0 fully saturated rings.